The Kier molecular flexibility index (Phi) is 2.57. The van der Waals surface area contributed by atoms with Gasteiger partial charge in [-0.3, -0.25) is 0 Å². The zero-order chi connectivity index (χ0) is 11.3. The molecule has 0 radical (unpaired) electrons. The molecule has 84 valence electrons. The fourth-order valence-electron chi connectivity index (χ4n) is 2.35. The molecule has 0 aromatic carbocycles. The van der Waals surface area contributed by atoms with Crippen LogP contribution in [0.15, 0.2) is 6.33 Å². The van der Waals surface area contributed by atoms with Gasteiger partial charge < -0.3 is 4.74 Å². The average Bonchev–Trinajstić information content (AvgIpc) is 2.52. The largest absolute Gasteiger partial charge is 0.367 e. The Hall–Kier alpha value is -0.170. The average molecular weight is 321 g/mol. The highest BCUT2D eigenvalue weighted by molar-refractivity contribution is 14.1. The van der Waals surface area contributed by atoms with E-state index in [-0.39, 0.29) is 17.2 Å². The van der Waals surface area contributed by atoms with E-state index in [2.05, 4.69) is 60.4 Å². The number of ether oxygens (including phenoxy) is 1. The van der Waals surface area contributed by atoms with Crippen molar-refractivity contribution in [2.45, 2.75) is 51.4 Å². The van der Waals surface area contributed by atoms with Gasteiger partial charge >= 0.3 is 0 Å². The first-order valence-corrected chi connectivity index (χ1v) is 6.15. The van der Waals surface area contributed by atoms with E-state index in [1.165, 1.54) is 0 Å². The molecule has 1 fully saturated rings. The zero-order valence-electron chi connectivity index (χ0n) is 9.49. The van der Waals surface area contributed by atoms with E-state index in [0.29, 0.717) is 0 Å². The van der Waals surface area contributed by atoms with Crippen molar-refractivity contribution in [2.24, 2.45) is 0 Å². The van der Waals surface area contributed by atoms with Crippen LogP contribution >= 0.6 is 22.6 Å². The van der Waals surface area contributed by atoms with E-state index >= 15 is 0 Å². The lowest BCUT2D eigenvalue weighted by atomic mass is 9.95. The third kappa shape index (κ3) is 2.18. The molecule has 4 nitrogen and oxygen atoms in total. The molecular formula is C10H16IN3O. The first kappa shape index (κ1) is 11.3. The molecule has 0 spiro atoms. The third-order valence-corrected chi connectivity index (χ3v) is 3.32. The molecule has 15 heavy (non-hydrogen) atoms. The van der Waals surface area contributed by atoms with Crippen molar-refractivity contribution >= 4 is 22.6 Å². The number of nitrogens with zero attached hydrogens (tertiary/aromatic N) is 3. The van der Waals surface area contributed by atoms with Crippen LogP contribution in [0.2, 0.25) is 0 Å². The van der Waals surface area contributed by atoms with Gasteiger partial charge in [-0.25, -0.2) is 9.67 Å². The van der Waals surface area contributed by atoms with Crippen LogP contribution in [0.4, 0.5) is 0 Å². The minimum absolute atomic E-state index is 0.0778. The molecule has 2 heterocycles. The summed E-state index contributed by atoms with van der Waals surface area (Å²) < 4.78 is 8.73. The minimum atomic E-state index is -0.180. The van der Waals surface area contributed by atoms with E-state index < -0.39 is 0 Å². The van der Waals surface area contributed by atoms with Crippen LogP contribution in [0.5, 0.6) is 0 Å². The van der Waals surface area contributed by atoms with E-state index in [4.69, 9.17) is 4.74 Å². The predicted octanol–water partition coefficient (Wildman–Crippen LogP) is 2.40. The van der Waals surface area contributed by atoms with Crippen molar-refractivity contribution in [1.29, 1.82) is 0 Å². The maximum atomic E-state index is 6.02. The molecule has 2 rings (SSSR count). The third-order valence-electron chi connectivity index (χ3n) is 2.83. The van der Waals surface area contributed by atoms with Crippen LogP contribution in [0.1, 0.15) is 40.2 Å². The molecule has 1 aliphatic rings. The summed E-state index contributed by atoms with van der Waals surface area (Å²) in [6.07, 6.45) is 2.76. The van der Waals surface area contributed by atoms with Gasteiger partial charge in [0.25, 0.3) is 0 Å². The maximum Gasteiger partial charge on any atom is 0.211 e. The molecule has 0 bridgehead atoms. The Bertz CT molecular complexity index is 372. The Morgan fingerprint density at radius 3 is 2.53 bits per heavy atom. The van der Waals surface area contributed by atoms with Crippen molar-refractivity contribution in [2.75, 3.05) is 0 Å². The molecule has 0 N–H and O–H groups in total. The van der Waals surface area contributed by atoms with Gasteiger partial charge in [0.05, 0.1) is 17.2 Å². The Balaban J connectivity index is 2.30. The number of hydrogen-bond acceptors (Lipinski definition) is 3. The summed E-state index contributed by atoms with van der Waals surface area (Å²) in [6.45, 7) is 8.47. The second kappa shape index (κ2) is 3.41. The first-order valence-electron chi connectivity index (χ1n) is 5.07. The van der Waals surface area contributed by atoms with Crippen LogP contribution in [0.3, 0.4) is 0 Å². The van der Waals surface area contributed by atoms with Gasteiger partial charge in [0.1, 0.15) is 6.33 Å². The highest BCUT2D eigenvalue weighted by Crippen LogP contribution is 2.44. The normalized spacial score (nSPS) is 28.2. The summed E-state index contributed by atoms with van der Waals surface area (Å²) in [5.74, 6) is 0. The summed E-state index contributed by atoms with van der Waals surface area (Å²) in [5.41, 5.74) is -0.258. The highest BCUT2D eigenvalue weighted by atomic mass is 127. The standard InChI is InChI=1S/C10H16IN3O/c1-9(2)5-7(10(3,4)15-9)14-6-12-8(11)13-14/h6-7H,5H2,1-4H3. The summed E-state index contributed by atoms with van der Waals surface area (Å²) in [7, 11) is 0. The Labute approximate surface area is 104 Å². The monoisotopic (exact) mass is 321 g/mol. The number of aromatic nitrogens is 3. The van der Waals surface area contributed by atoms with Crippen LogP contribution in [0.25, 0.3) is 0 Å². The van der Waals surface area contributed by atoms with Crippen molar-refractivity contribution in [3.8, 4) is 0 Å². The molecule has 0 aliphatic carbocycles. The number of rotatable bonds is 1. The maximum absolute atomic E-state index is 6.02. The van der Waals surface area contributed by atoms with Crippen LogP contribution in [-0.4, -0.2) is 26.0 Å². The van der Waals surface area contributed by atoms with Gasteiger partial charge in [-0.05, 0) is 27.7 Å². The van der Waals surface area contributed by atoms with Crippen molar-refractivity contribution in [1.82, 2.24) is 14.8 Å². The van der Waals surface area contributed by atoms with Crippen molar-refractivity contribution in [3.05, 3.63) is 10.2 Å². The van der Waals surface area contributed by atoms with Crippen molar-refractivity contribution < 1.29 is 4.74 Å². The molecule has 5 heteroatoms. The zero-order valence-corrected chi connectivity index (χ0v) is 11.6. The van der Waals surface area contributed by atoms with Gasteiger partial charge in [0.2, 0.25) is 3.83 Å². The van der Waals surface area contributed by atoms with E-state index in [1.807, 2.05) is 4.68 Å². The van der Waals surface area contributed by atoms with Gasteiger partial charge in [0.15, 0.2) is 0 Å². The molecule has 1 unspecified atom stereocenters. The SMILES string of the molecule is CC1(C)CC(n2cnc(I)n2)C(C)(C)O1. The van der Waals surface area contributed by atoms with E-state index in [9.17, 15) is 0 Å². The summed E-state index contributed by atoms with van der Waals surface area (Å²) in [5, 5.41) is 4.37. The molecule has 0 amide bonds. The van der Waals surface area contributed by atoms with E-state index in [0.717, 1.165) is 10.3 Å². The lowest BCUT2D eigenvalue weighted by Crippen LogP contribution is -2.31. The molecule has 0 saturated carbocycles. The quantitative estimate of drug-likeness (QED) is 0.746. The molecule has 1 atom stereocenters. The lowest BCUT2D eigenvalue weighted by molar-refractivity contribution is -0.0737. The molecule has 1 aromatic heterocycles. The smallest absolute Gasteiger partial charge is 0.211 e. The second-order valence-corrected chi connectivity index (χ2v) is 6.14. The van der Waals surface area contributed by atoms with Gasteiger partial charge in [-0.2, -0.15) is 0 Å². The van der Waals surface area contributed by atoms with Crippen LogP contribution in [-0.2, 0) is 4.74 Å². The second-order valence-electron chi connectivity index (χ2n) is 5.18. The Morgan fingerprint density at radius 2 is 2.13 bits per heavy atom. The lowest BCUT2D eigenvalue weighted by Gasteiger charge is -2.26. The fourth-order valence-corrected chi connectivity index (χ4v) is 2.72. The summed E-state index contributed by atoms with van der Waals surface area (Å²) >= 11 is 2.12. The Morgan fingerprint density at radius 1 is 1.47 bits per heavy atom. The number of halogens is 1. The van der Waals surface area contributed by atoms with Crippen LogP contribution < -0.4 is 0 Å². The minimum Gasteiger partial charge on any atom is -0.367 e. The predicted molar refractivity (Wildman–Crippen MR) is 65.6 cm³/mol. The first-order chi connectivity index (χ1) is 6.80. The summed E-state index contributed by atoms with van der Waals surface area (Å²) in [4.78, 5) is 4.16. The van der Waals surface area contributed by atoms with E-state index in [1.54, 1.807) is 6.33 Å². The molecule has 1 saturated heterocycles. The molecule has 1 aromatic rings. The number of hydrogen-bond donors (Lipinski definition) is 0. The fraction of sp³-hybridized carbons (Fsp3) is 0.800. The van der Waals surface area contributed by atoms with Gasteiger partial charge in [0, 0.05) is 29.0 Å². The highest BCUT2D eigenvalue weighted by Gasteiger charge is 2.47. The van der Waals surface area contributed by atoms with Gasteiger partial charge in [-0.1, -0.05) is 0 Å². The molecule has 1 aliphatic heterocycles. The van der Waals surface area contributed by atoms with Gasteiger partial charge in [-0.15, -0.1) is 5.10 Å². The van der Waals surface area contributed by atoms with Crippen molar-refractivity contribution in [3.63, 3.8) is 0 Å². The van der Waals surface area contributed by atoms with Crippen LogP contribution in [0, 0.1) is 3.83 Å². The molecular weight excluding hydrogens is 305 g/mol. The summed E-state index contributed by atoms with van der Waals surface area (Å²) in [6, 6.07) is 0.267. The topological polar surface area (TPSA) is 39.9 Å².